The molecule has 0 fully saturated rings. The standard InChI is InChI=1S/C13H10N2O5/c1-20-13(17)10-4-9(5-11(6-10)15(18)19)8-2-3-12(16)14-7-8/h2-7H,1H3,(H,14,16). The van der Waals surface area contributed by atoms with Gasteiger partial charge in [-0.3, -0.25) is 14.9 Å². The molecule has 2 aromatic rings. The zero-order valence-corrected chi connectivity index (χ0v) is 10.5. The number of aromatic nitrogens is 1. The molecule has 0 saturated heterocycles. The number of ether oxygens (including phenoxy) is 1. The monoisotopic (exact) mass is 274 g/mol. The summed E-state index contributed by atoms with van der Waals surface area (Å²) in [5.41, 5.74) is 0.554. The molecule has 2 rings (SSSR count). The van der Waals surface area contributed by atoms with E-state index in [1.165, 1.54) is 37.6 Å². The summed E-state index contributed by atoms with van der Waals surface area (Å²) in [7, 11) is 1.20. The number of methoxy groups -OCH3 is 1. The molecule has 102 valence electrons. The lowest BCUT2D eigenvalue weighted by Crippen LogP contribution is -2.04. The summed E-state index contributed by atoms with van der Waals surface area (Å²) in [6, 6.07) is 6.73. The number of nitrogens with zero attached hydrogens (tertiary/aromatic N) is 1. The van der Waals surface area contributed by atoms with Crippen LogP contribution in [0.1, 0.15) is 10.4 Å². The summed E-state index contributed by atoms with van der Waals surface area (Å²) in [6.45, 7) is 0. The normalized spacial score (nSPS) is 10.1. The summed E-state index contributed by atoms with van der Waals surface area (Å²) in [4.78, 5) is 35.3. The van der Waals surface area contributed by atoms with Gasteiger partial charge < -0.3 is 9.72 Å². The van der Waals surface area contributed by atoms with Gasteiger partial charge in [0.1, 0.15) is 0 Å². The van der Waals surface area contributed by atoms with E-state index in [1.807, 2.05) is 0 Å². The van der Waals surface area contributed by atoms with E-state index in [0.29, 0.717) is 11.1 Å². The fraction of sp³-hybridized carbons (Fsp3) is 0.0769. The Kier molecular flexibility index (Phi) is 3.60. The number of non-ortho nitro benzene ring substituents is 1. The van der Waals surface area contributed by atoms with Crippen LogP contribution in [0.2, 0.25) is 0 Å². The molecule has 0 atom stereocenters. The molecule has 0 aliphatic carbocycles. The molecule has 1 aromatic heterocycles. The molecular weight excluding hydrogens is 264 g/mol. The van der Waals surface area contributed by atoms with Crippen LogP contribution >= 0.6 is 0 Å². The number of H-pyrrole nitrogens is 1. The fourth-order valence-electron chi connectivity index (χ4n) is 1.71. The summed E-state index contributed by atoms with van der Waals surface area (Å²) in [5, 5.41) is 10.9. The first-order chi connectivity index (χ1) is 9.51. The van der Waals surface area contributed by atoms with Gasteiger partial charge in [0, 0.05) is 24.4 Å². The highest BCUT2D eigenvalue weighted by molar-refractivity contribution is 5.92. The number of aromatic amines is 1. The zero-order chi connectivity index (χ0) is 14.7. The van der Waals surface area contributed by atoms with Crippen molar-refractivity contribution in [2.24, 2.45) is 0 Å². The van der Waals surface area contributed by atoms with Gasteiger partial charge in [-0.1, -0.05) is 0 Å². The molecule has 7 heteroatoms. The highest BCUT2D eigenvalue weighted by Crippen LogP contribution is 2.25. The third-order valence-electron chi connectivity index (χ3n) is 2.67. The predicted octanol–water partition coefficient (Wildman–Crippen LogP) is 1.74. The van der Waals surface area contributed by atoms with Crippen molar-refractivity contribution in [2.45, 2.75) is 0 Å². The van der Waals surface area contributed by atoms with Crippen LogP contribution < -0.4 is 5.56 Å². The molecule has 0 unspecified atom stereocenters. The van der Waals surface area contributed by atoms with Crippen molar-refractivity contribution in [3.63, 3.8) is 0 Å². The Morgan fingerprint density at radius 2 is 2.00 bits per heavy atom. The molecule has 0 aliphatic rings. The minimum Gasteiger partial charge on any atom is -0.465 e. The third-order valence-corrected chi connectivity index (χ3v) is 2.67. The maximum Gasteiger partial charge on any atom is 0.338 e. The largest absolute Gasteiger partial charge is 0.465 e. The number of carbonyl (C=O) groups is 1. The quantitative estimate of drug-likeness (QED) is 0.521. The topological polar surface area (TPSA) is 102 Å². The van der Waals surface area contributed by atoms with Crippen molar-refractivity contribution in [2.75, 3.05) is 7.11 Å². The summed E-state index contributed by atoms with van der Waals surface area (Å²) in [6.07, 6.45) is 1.42. The van der Waals surface area contributed by atoms with E-state index >= 15 is 0 Å². The number of nitro groups is 1. The van der Waals surface area contributed by atoms with Crippen LogP contribution in [0.3, 0.4) is 0 Å². The molecule has 0 spiro atoms. The number of nitro benzene ring substituents is 1. The number of pyridine rings is 1. The van der Waals surface area contributed by atoms with Gasteiger partial charge in [-0.25, -0.2) is 4.79 Å². The lowest BCUT2D eigenvalue weighted by Gasteiger charge is -2.05. The van der Waals surface area contributed by atoms with Crippen molar-refractivity contribution < 1.29 is 14.5 Å². The fourth-order valence-corrected chi connectivity index (χ4v) is 1.71. The molecule has 1 aromatic carbocycles. The second-order valence-electron chi connectivity index (χ2n) is 3.96. The predicted molar refractivity (Wildman–Crippen MR) is 70.5 cm³/mol. The molecule has 0 radical (unpaired) electrons. The Labute approximate surface area is 113 Å². The van der Waals surface area contributed by atoms with E-state index in [2.05, 4.69) is 9.72 Å². The second-order valence-corrected chi connectivity index (χ2v) is 3.96. The van der Waals surface area contributed by atoms with E-state index in [4.69, 9.17) is 0 Å². The zero-order valence-electron chi connectivity index (χ0n) is 10.5. The summed E-state index contributed by atoms with van der Waals surface area (Å²) < 4.78 is 4.56. The maximum absolute atomic E-state index is 11.5. The van der Waals surface area contributed by atoms with Gasteiger partial charge in [0.15, 0.2) is 0 Å². The molecule has 0 amide bonds. The van der Waals surface area contributed by atoms with Gasteiger partial charge >= 0.3 is 5.97 Å². The van der Waals surface area contributed by atoms with Gasteiger partial charge in [-0.2, -0.15) is 0 Å². The molecule has 0 bridgehead atoms. The average Bonchev–Trinajstić information content (AvgIpc) is 2.46. The average molecular weight is 274 g/mol. The van der Waals surface area contributed by atoms with Crippen molar-refractivity contribution in [3.05, 3.63) is 62.6 Å². The van der Waals surface area contributed by atoms with Gasteiger partial charge in [0.05, 0.1) is 17.6 Å². The van der Waals surface area contributed by atoms with Crippen LogP contribution in [-0.4, -0.2) is 23.0 Å². The smallest absolute Gasteiger partial charge is 0.338 e. The van der Waals surface area contributed by atoms with Crippen LogP contribution in [0, 0.1) is 10.1 Å². The number of esters is 1. The van der Waals surface area contributed by atoms with Crippen molar-refractivity contribution in [1.29, 1.82) is 0 Å². The van der Waals surface area contributed by atoms with Gasteiger partial charge in [-0.05, 0) is 23.3 Å². The second kappa shape index (κ2) is 5.35. The van der Waals surface area contributed by atoms with Crippen LogP contribution in [0.15, 0.2) is 41.3 Å². The Hall–Kier alpha value is -2.96. The van der Waals surface area contributed by atoms with Crippen molar-refractivity contribution in [1.82, 2.24) is 4.98 Å². The molecular formula is C13H10N2O5. The SMILES string of the molecule is COC(=O)c1cc(-c2ccc(=O)[nH]c2)cc([N+](=O)[O-])c1. The minimum atomic E-state index is -0.667. The lowest BCUT2D eigenvalue weighted by molar-refractivity contribution is -0.384. The van der Waals surface area contributed by atoms with E-state index in [0.717, 1.165) is 6.07 Å². The van der Waals surface area contributed by atoms with Crippen molar-refractivity contribution in [3.8, 4) is 11.1 Å². The van der Waals surface area contributed by atoms with Crippen LogP contribution in [0.5, 0.6) is 0 Å². The Bertz CT molecular complexity index is 715. The van der Waals surface area contributed by atoms with Crippen LogP contribution in [-0.2, 0) is 4.74 Å². The third kappa shape index (κ3) is 2.72. The van der Waals surface area contributed by atoms with Crippen LogP contribution in [0.25, 0.3) is 11.1 Å². The first kappa shape index (κ1) is 13.5. The van der Waals surface area contributed by atoms with Crippen molar-refractivity contribution >= 4 is 11.7 Å². The molecule has 7 nitrogen and oxygen atoms in total. The van der Waals surface area contributed by atoms with E-state index in [1.54, 1.807) is 0 Å². The van der Waals surface area contributed by atoms with Gasteiger partial charge in [0.25, 0.3) is 5.69 Å². The number of hydrogen-bond donors (Lipinski definition) is 1. The first-order valence-electron chi connectivity index (χ1n) is 5.58. The van der Waals surface area contributed by atoms with Crippen LogP contribution in [0.4, 0.5) is 5.69 Å². The number of rotatable bonds is 3. The summed E-state index contributed by atoms with van der Waals surface area (Å²) in [5.74, 6) is -0.667. The molecule has 1 N–H and O–H groups in total. The molecule has 1 heterocycles. The Balaban J connectivity index is 2.60. The van der Waals surface area contributed by atoms with Gasteiger partial charge in [-0.15, -0.1) is 0 Å². The first-order valence-corrected chi connectivity index (χ1v) is 5.58. The number of nitrogens with one attached hydrogen (secondary N) is 1. The molecule has 0 aliphatic heterocycles. The van der Waals surface area contributed by atoms with E-state index in [9.17, 15) is 19.7 Å². The maximum atomic E-state index is 11.5. The molecule has 20 heavy (non-hydrogen) atoms. The highest BCUT2D eigenvalue weighted by Gasteiger charge is 2.15. The van der Waals surface area contributed by atoms with E-state index in [-0.39, 0.29) is 16.8 Å². The number of carbonyl (C=O) groups excluding carboxylic acids is 1. The Morgan fingerprint density at radius 1 is 1.25 bits per heavy atom. The Morgan fingerprint density at radius 3 is 2.55 bits per heavy atom. The van der Waals surface area contributed by atoms with Gasteiger partial charge in [0.2, 0.25) is 5.56 Å². The minimum absolute atomic E-state index is 0.0721. The number of benzene rings is 1. The lowest BCUT2D eigenvalue weighted by atomic mass is 10.0. The summed E-state index contributed by atoms with van der Waals surface area (Å²) >= 11 is 0. The highest BCUT2D eigenvalue weighted by atomic mass is 16.6. The van der Waals surface area contributed by atoms with E-state index < -0.39 is 10.9 Å². The molecule has 0 saturated carbocycles. The number of hydrogen-bond acceptors (Lipinski definition) is 5.